The number of carbonyl (C=O) groups is 2. The topological polar surface area (TPSA) is 125 Å². The van der Waals surface area contributed by atoms with Crippen LogP contribution in [-0.4, -0.2) is 32.4 Å². The number of esters is 1. The van der Waals surface area contributed by atoms with Gasteiger partial charge in [0, 0.05) is 5.69 Å². The number of rotatable bonds is 8. The molecule has 1 unspecified atom stereocenters. The van der Waals surface area contributed by atoms with Crippen molar-refractivity contribution in [3.8, 4) is 6.07 Å². The number of nitrogens with one attached hydrogen (secondary N) is 2. The molecule has 158 valence electrons. The lowest BCUT2D eigenvalue weighted by Gasteiger charge is -2.27. The number of hydrogen-bond acceptors (Lipinski definition) is 6. The fourth-order valence-electron chi connectivity index (χ4n) is 2.33. The summed E-state index contributed by atoms with van der Waals surface area (Å²) in [5, 5.41) is 11.8. The molecule has 30 heavy (non-hydrogen) atoms. The van der Waals surface area contributed by atoms with Crippen molar-refractivity contribution in [3.05, 3.63) is 60.2 Å². The first-order valence-corrected chi connectivity index (χ1v) is 10.6. The van der Waals surface area contributed by atoms with Gasteiger partial charge in [0.05, 0.1) is 16.5 Å². The summed E-state index contributed by atoms with van der Waals surface area (Å²) in [5.74, 6) is -1.53. The molecule has 2 N–H and O–H groups in total. The van der Waals surface area contributed by atoms with Gasteiger partial charge in [0.15, 0.2) is 6.61 Å². The lowest BCUT2D eigenvalue weighted by Crippen LogP contribution is -2.50. The Balaban J connectivity index is 1.98. The summed E-state index contributed by atoms with van der Waals surface area (Å²) < 4.78 is 32.2. The lowest BCUT2D eigenvalue weighted by atomic mass is 9.90. The number of amides is 1. The van der Waals surface area contributed by atoms with Crippen molar-refractivity contribution in [2.45, 2.75) is 31.2 Å². The molecular weight excluding hydrogens is 406 g/mol. The molecule has 2 aromatic carbocycles. The Hall–Kier alpha value is -3.38. The van der Waals surface area contributed by atoms with Crippen molar-refractivity contribution in [2.24, 2.45) is 5.92 Å². The van der Waals surface area contributed by atoms with Gasteiger partial charge in [-0.15, -0.1) is 0 Å². The van der Waals surface area contributed by atoms with Gasteiger partial charge in [-0.25, -0.2) is 13.2 Å². The minimum atomic E-state index is -3.81. The normalized spacial score (nSPS) is 13.0. The summed E-state index contributed by atoms with van der Waals surface area (Å²) in [7, 11) is -3.81. The monoisotopic (exact) mass is 429 g/mol. The second-order valence-electron chi connectivity index (χ2n) is 7.09. The first-order chi connectivity index (χ1) is 14.1. The lowest BCUT2D eigenvalue weighted by molar-refractivity contribution is -0.125. The van der Waals surface area contributed by atoms with Gasteiger partial charge in [-0.05, 0) is 49.2 Å². The molecule has 8 nitrogen and oxygen atoms in total. The van der Waals surface area contributed by atoms with Crippen molar-refractivity contribution in [1.29, 1.82) is 5.26 Å². The Bertz CT molecular complexity index is 1040. The number of nitriles is 1. The second-order valence-corrected chi connectivity index (χ2v) is 8.77. The number of carbonyl (C=O) groups excluding carboxylic acids is 2. The molecule has 9 heteroatoms. The van der Waals surface area contributed by atoms with E-state index in [2.05, 4.69) is 10.0 Å². The second kappa shape index (κ2) is 9.41. The molecule has 0 aliphatic heterocycles. The van der Waals surface area contributed by atoms with Crippen molar-refractivity contribution in [2.75, 3.05) is 11.3 Å². The van der Waals surface area contributed by atoms with E-state index < -0.39 is 34.0 Å². The molecule has 2 aromatic rings. The summed E-state index contributed by atoms with van der Waals surface area (Å²) in [6, 6.07) is 15.6. The highest BCUT2D eigenvalue weighted by molar-refractivity contribution is 7.92. The Labute approximate surface area is 175 Å². The van der Waals surface area contributed by atoms with Gasteiger partial charge in [-0.3, -0.25) is 9.52 Å². The maximum atomic E-state index is 12.4. The van der Waals surface area contributed by atoms with Crippen LogP contribution in [0.3, 0.4) is 0 Å². The standard InChI is InChI=1S/C21H23N3O5S/c1-15(2)21(3,14-22)23-19(25)13-29-20(26)16-9-11-18(12-10-16)30(27,28)24-17-7-5-4-6-8-17/h4-12,15,24H,13H2,1-3H3,(H,23,25). The summed E-state index contributed by atoms with van der Waals surface area (Å²) in [5.41, 5.74) is -0.572. The molecule has 1 atom stereocenters. The Morgan fingerprint density at radius 3 is 2.23 bits per heavy atom. The van der Waals surface area contributed by atoms with Crippen LogP contribution in [0.1, 0.15) is 31.1 Å². The fraction of sp³-hybridized carbons (Fsp3) is 0.286. The largest absolute Gasteiger partial charge is 0.452 e. The van der Waals surface area contributed by atoms with E-state index >= 15 is 0 Å². The first-order valence-electron chi connectivity index (χ1n) is 9.15. The maximum Gasteiger partial charge on any atom is 0.338 e. The van der Waals surface area contributed by atoms with E-state index in [4.69, 9.17) is 4.74 Å². The van der Waals surface area contributed by atoms with Crippen LogP contribution in [0.25, 0.3) is 0 Å². The van der Waals surface area contributed by atoms with Gasteiger partial charge >= 0.3 is 5.97 Å². The molecule has 1 amide bonds. The highest BCUT2D eigenvalue weighted by Gasteiger charge is 2.30. The van der Waals surface area contributed by atoms with Gasteiger partial charge in [0.2, 0.25) is 0 Å². The van der Waals surface area contributed by atoms with Crippen molar-refractivity contribution in [3.63, 3.8) is 0 Å². The molecule has 0 bridgehead atoms. The number of anilines is 1. The summed E-state index contributed by atoms with van der Waals surface area (Å²) in [6.07, 6.45) is 0. The smallest absolute Gasteiger partial charge is 0.338 e. The van der Waals surface area contributed by atoms with Crippen LogP contribution < -0.4 is 10.0 Å². The third-order valence-electron chi connectivity index (χ3n) is 4.55. The third-order valence-corrected chi connectivity index (χ3v) is 5.94. The van der Waals surface area contributed by atoms with Crippen molar-refractivity contribution >= 4 is 27.6 Å². The van der Waals surface area contributed by atoms with Crippen LogP contribution in [0.5, 0.6) is 0 Å². The molecule has 0 heterocycles. The third kappa shape index (κ3) is 5.81. The van der Waals surface area contributed by atoms with E-state index in [0.29, 0.717) is 5.69 Å². The minimum absolute atomic E-state index is 0.0256. The number of para-hydroxylation sites is 1. The summed E-state index contributed by atoms with van der Waals surface area (Å²) >= 11 is 0. The van der Waals surface area contributed by atoms with Gasteiger partial charge in [-0.2, -0.15) is 5.26 Å². The van der Waals surface area contributed by atoms with Gasteiger partial charge in [0.1, 0.15) is 5.54 Å². The van der Waals surface area contributed by atoms with Crippen LogP contribution in [0.4, 0.5) is 5.69 Å². The van der Waals surface area contributed by atoms with E-state index in [9.17, 15) is 23.3 Å². The molecular formula is C21H23N3O5S. The highest BCUT2D eigenvalue weighted by atomic mass is 32.2. The molecule has 0 fully saturated rings. The molecule has 2 rings (SSSR count). The summed E-state index contributed by atoms with van der Waals surface area (Å²) in [6.45, 7) is 4.61. The van der Waals surface area contributed by atoms with Crippen LogP contribution in [0.2, 0.25) is 0 Å². The molecule has 0 aromatic heterocycles. The van der Waals surface area contributed by atoms with E-state index in [1.54, 1.807) is 51.1 Å². The van der Waals surface area contributed by atoms with E-state index in [1.807, 2.05) is 6.07 Å². The van der Waals surface area contributed by atoms with Crippen LogP contribution >= 0.6 is 0 Å². The predicted molar refractivity (Wildman–Crippen MR) is 111 cm³/mol. The molecule has 0 saturated heterocycles. The molecule has 0 radical (unpaired) electrons. The molecule has 0 spiro atoms. The number of ether oxygens (including phenoxy) is 1. The number of hydrogen-bond donors (Lipinski definition) is 2. The van der Waals surface area contributed by atoms with E-state index in [1.165, 1.54) is 24.3 Å². The average Bonchev–Trinajstić information content (AvgIpc) is 2.72. The van der Waals surface area contributed by atoms with Crippen molar-refractivity contribution in [1.82, 2.24) is 5.32 Å². The fourth-order valence-corrected chi connectivity index (χ4v) is 3.39. The number of benzene rings is 2. The molecule has 0 aliphatic rings. The Kier molecular flexibility index (Phi) is 7.19. The van der Waals surface area contributed by atoms with Crippen LogP contribution in [0.15, 0.2) is 59.5 Å². The SMILES string of the molecule is CC(C)C(C)(C#N)NC(=O)COC(=O)c1ccc(S(=O)(=O)Nc2ccccc2)cc1. The van der Waals surface area contributed by atoms with Gasteiger partial charge < -0.3 is 10.1 Å². The predicted octanol–water partition coefficient (Wildman–Crippen LogP) is 2.70. The van der Waals surface area contributed by atoms with Gasteiger partial charge in [-0.1, -0.05) is 32.0 Å². The average molecular weight is 429 g/mol. The van der Waals surface area contributed by atoms with Crippen LogP contribution in [-0.2, 0) is 19.6 Å². The summed E-state index contributed by atoms with van der Waals surface area (Å²) in [4.78, 5) is 24.1. The Morgan fingerprint density at radius 2 is 1.70 bits per heavy atom. The van der Waals surface area contributed by atoms with Crippen molar-refractivity contribution < 1.29 is 22.7 Å². The maximum absolute atomic E-state index is 12.4. The Morgan fingerprint density at radius 1 is 1.10 bits per heavy atom. The van der Waals surface area contributed by atoms with E-state index in [-0.39, 0.29) is 16.4 Å². The first kappa shape index (κ1) is 22.9. The number of sulfonamides is 1. The van der Waals surface area contributed by atoms with Crippen LogP contribution in [0, 0.1) is 17.2 Å². The zero-order valence-corrected chi connectivity index (χ0v) is 17.7. The highest BCUT2D eigenvalue weighted by Crippen LogP contribution is 2.17. The quantitative estimate of drug-likeness (QED) is 0.622. The zero-order valence-electron chi connectivity index (χ0n) is 16.9. The molecule has 0 saturated carbocycles. The molecule has 0 aliphatic carbocycles. The zero-order chi connectivity index (χ0) is 22.4. The number of nitrogens with zero attached hydrogens (tertiary/aromatic N) is 1. The minimum Gasteiger partial charge on any atom is -0.452 e. The van der Waals surface area contributed by atoms with Gasteiger partial charge in [0.25, 0.3) is 15.9 Å². The van der Waals surface area contributed by atoms with E-state index in [0.717, 1.165) is 0 Å².